The Morgan fingerprint density at radius 1 is 0.767 bits per heavy atom. The van der Waals surface area contributed by atoms with Gasteiger partial charge in [0.1, 0.15) is 11.5 Å². The van der Waals surface area contributed by atoms with Crippen molar-refractivity contribution >= 4 is 11.3 Å². The van der Waals surface area contributed by atoms with Crippen LogP contribution in [0.25, 0.3) is 32.3 Å². The molecule has 0 atom stereocenters. The molecule has 2 aromatic heterocycles. The third-order valence-corrected chi connectivity index (χ3v) is 6.38. The minimum Gasteiger partial charge on any atom is -0.496 e. The number of H-pyrrole nitrogens is 1. The minimum atomic E-state index is 0.594. The van der Waals surface area contributed by atoms with Gasteiger partial charge in [-0.15, -0.1) is 21.5 Å². The Kier molecular flexibility index (Phi) is 5.30. The lowest BCUT2D eigenvalue weighted by molar-refractivity contribution is 0.408. The second-order valence-electron chi connectivity index (χ2n) is 7.38. The monoisotopic (exact) mass is 420 g/mol. The van der Waals surface area contributed by atoms with Gasteiger partial charge in [-0.05, 0) is 96.6 Å². The van der Waals surface area contributed by atoms with Crippen LogP contribution in [0.1, 0.15) is 22.3 Å². The average Bonchev–Trinajstić information content (AvgIpc) is 3.37. The van der Waals surface area contributed by atoms with Crippen molar-refractivity contribution < 1.29 is 9.47 Å². The standard InChI is InChI=1S/C23H24N4O2S/c1-12-7-16(8-13(2)20(12)28-5)18-11-19(23-24-26-27-25-23)30-22(18)17-9-14(3)21(29-6)15(4)10-17/h7-11H,1-6H3,(H,24,25,26,27). The zero-order valence-electron chi connectivity index (χ0n) is 18.0. The van der Waals surface area contributed by atoms with Crippen LogP contribution in [0.2, 0.25) is 0 Å². The number of aromatic nitrogens is 4. The number of nitrogens with zero attached hydrogens (tertiary/aromatic N) is 3. The first-order valence-electron chi connectivity index (χ1n) is 9.61. The molecule has 0 unspecified atom stereocenters. The van der Waals surface area contributed by atoms with Crippen molar-refractivity contribution in [1.29, 1.82) is 0 Å². The van der Waals surface area contributed by atoms with Crippen LogP contribution in [0.3, 0.4) is 0 Å². The Bertz CT molecular complexity index is 1090. The second kappa shape index (κ2) is 7.91. The van der Waals surface area contributed by atoms with Gasteiger partial charge in [-0.25, -0.2) is 0 Å². The van der Waals surface area contributed by atoms with E-state index < -0.39 is 0 Å². The van der Waals surface area contributed by atoms with Crippen molar-refractivity contribution in [3.63, 3.8) is 0 Å². The maximum Gasteiger partial charge on any atom is 0.214 e. The summed E-state index contributed by atoms with van der Waals surface area (Å²) in [7, 11) is 3.42. The summed E-state index contributed by atoms with van der Waals surface area (Å²) in [5, 5.41) is 14.6. The van der Waals surface area contributed by atoms with Crippen LogP contribution in [-0.4, -0.2) is 34.8 Å². The van der Waals surface area contributed by atoms with Gasteiger partial charge >= 0.3 is 0 Å². The number of hydrogen-bond donors (Lipinski definition) is 1. The molecule has 0 fully saturated rings. The summed E-state index contributed by atoms with van der Waals surface area (Å²) < 4.78 is 11.1. The van der Waals surface area contributed by atoms with Crippen molar-refractivity contribution in [3.8, 4) is 43.8 Å². The van der Waals surface area contributed by atoms with E-state index in [2.05, 4.69) is 78.7 Å². The number of aryl methyl sites for hydroxylation is 4. The third kappa shape index (κ3) is 3.45. The Labute approximate surface area is 179 Å². The Balaban J connectivity index is 1.95. The highest BCUT2D eigenvalue weighted by Crippen LogP contribution is 2.45. The van der Waals surface area contributed by atoms with Crippen molar-refractivity contribution in [1.82, 2.24) is 20.6 Å². The van der Waals surface area contributed by atoms with Crippen LogP contribution in [0.15, 0.2) is 30.3 Å². The summed E-state index contributed by atoms with van der Waals surface area (Å²) in [4.78, 5) is 2.12. The Morgan fingerprint density at radius 3 is 1.77 bits per heavy atom. The van der Waals surface area contributed by atoms with E-state index in [0.717, 1.165) is 60.2 Å². The molecular weight excluding hydrogens is 396 g/mol. The van der Waals surface area contributed by atoms with E-state index in [1.807, 2.05) is 0 Å². The molecule has 154 valence electrons. The molecule has 2 heterocycles. The van der Waals surface area contributed by atoms with E-state index in [9.17, 15) is 0 Å². The van der Waals surface area contributed by atoms with E-state index >= 15 is 0 Å². The van der Waals surface area contributed by atoms with Gasteiger partial charge < -0.3 is 9.47 Å². The van der Waals surface area contributed by atoms with Crippen LogP contribution in [0.5, 0.6) is 11.5 Å². The van der Waals surface area contributed by atoms with Gasteiger partial charge in [-0.2, -0.15) is 5.21 Å². The molecule has 0 aliphatic carbocycles. The first kappa shape index (κ1) is 20.1. The van der Waals surface area contributed by atoms with Crippen molar-refractivity contribution in [2.75, 3.05) is 14.2 Å². The lowest BCUT2D eigenvalue weighted by Gasteiger charge is -2.14. The summed E-state index contributed by atoms with van der Waals surface area (Å²) in [5.74, 6) is 2.44. The molecule has 0 aliphatic rings. The fourth-order valence-electron chi connectivity index (χ4n) is 4.03. The van der Waals surface area contributed by atoms with Gasteiger partial charge in [0.25, 0.3) is 0 Å². The third-order valence-electron chi connectivity index (χ3n) is 5.20. The van der Waals surface area contributed by atoms with E-state index in [-0.39, 0.29) is 0 Å². The van der Waals surface area contributed by atoms with Crippen LogP contribution in [0.4, 0.5) is 0 Å². The van der Waals surface area contributed by atoms with Crippen molar-refractivity contribution in [3.05, 3.63) is 52.6 Å². The molecular formula is C23H24N4O2S. The number of ether oxygens (including phenoxy) is 2. The van der Waals surface area contributed by atoms with Gasteiger partial charge in [0.05, 0.1) is 19.1 Å². The van der Waals surface area contributed by atoms with Gasteiger partial charge in [-0.1, -0.05) is 0 Å². The summed E-state index contributed by atoms with van der Waals surface area (Å²) in [6, 6.07) is 10.8. The molecule has 4 rings (SSSR count). The number of methoxy groups -OCH3 is 2. The summed E-state index contributed by atoms with van der Waals surface area (Å²) in [6.45, 7) is 8.29. The predicted octanol–water partition coefficient (Wildman–Crippen LogP) is 5.51. The number of thiophene rings is 1. The topological polar surface area (TPSA) is 72.9 Å². The second-order valence-corrected chi connectivity index (χ2v) is 8.43. The molecule has 0 bridgehead atoms. The smallest absolute Gasteiger partial charge is 0.214 e. The van der Waals surface area contributed by atoms with Crippen LogP contribution < -0.4 is 9.47 Å². The molecule has 30 heavy (non-hydrogen) atoms. The highest BCUT2D eigenvalue weighted by molar-refractivity contribution is 7.19. The molecule has 0 spiro atoms. The Hall–Kier alpha value is -3.19. The quantitative estimate of drug-likeness (QED) is 0.461. The van der Waals surface area contributed by atoms with Gasteiger partial charge in [0, 0.05) is 10.4 Å². The number of hydrogen-bond acceptors (Lipinski definition) is 6. The fraction of sp³-hybridized carbons (Fsp3) is 0.261. The number of tetrazole rings is 1. The molecule has 0 saturated heterocycles. The molecule has 1 N–H and O–H groups in total. The number of rotatable bonds is 5. The zero-order valence-corrected chi connectivity index (χ0v) is 18.8. The average molecular weight is 421 g/mol. The van der Waals surface area contributed by atoms with E-state index in [4.69, 9.17) is 9.47 Å². The molecule has 0 amide bonds. The zero-order chi connectivity index (χ0) is 21.4. The predicted molar refractivity (Wildman–Crippen MR) is 120 cm³/mol. The summed E-state index contributed by atoms with van der Waals surface area (Å²) in [5.41, 5.74) is 7.84. The fourth-order valence-corrected chi connectivity index (χ4v) is 5.12. The molecule has 0 aliphatic heterocycles. The van der Waals surface area contributed by atoms with Crippen molar-refractivity contribution in [2.24, 2.45) is 0 Å². The highest BCUT2D eigenvalue weighted by Gasteiger charge is 2.19. The maximum absolute atomic E-state index is 5.56. The lowest BCUT2D eigenvalue weighted by Crippen LogP contribution is -1.93. The molecule has 4 aromatic rings. The van der Waals surface area contributed by atoms with Gasteiger partial charge in [0.15, 0.2) is 0 Å². The first-order chi connectivity index (χ1) is 14.4. The molecule has 6 nitrogen and oxygen atoms in total. The van der Waals surface area contributed by atoms with E-state index in [1.54, 1.807) is 25.6 Å². The molecule has 2 aromatic carbocycles. The lowest BCUT2D eigenvalue weighted by atomic mass is 9.96. The van der Waals surface area contributed by atoms with E-state index in [1.165, 1.54) is 0 Å². The number of benzene rings is 2. The van der Waals surface area contributed by atoms with Crippen LogP contribution >= 0.6 is 11.3 Å². The van der Waals surface area contributed by atoms with Crippen LogP contribution in [-0.2, 0) is 0 Å². The molecule has 0 radical (unpaired) electrons. The summed E-state index contributed by atoms with van der Waals surface area (Å²) in [6.07, 6.45) is 0. The minimum absolute atomic E-state index is 0.594. The normalized spacial score (nSPS) is 11.0. The summed E-state index contributed by atoms with van der Waals surface area (Å²) >= 11 is 1.66. The van der Waals surface area contributed by atoms with Gasteiger partial charge in [-0.3, -0.25) is 0 Å². The van der Waals surface area contributed by atoms with Crippen LogP contribution in [0, 0.1) is 27.7 Å². The maximum atomic E-state index is 5.56. The van der Waals surface area contributed by atoms with Gasteiger partial charge in [0.2, 0.25) is 5.82 Å². The SMILES string of the molecule is COc1c(C)cc(-c2cc(-c3nn[nH]n3)sc2-c2cc(C)c(OC)c(C)c2)cc1C. The van der Waals surface area contributed by atoms with E-state index in [0.29, 0.717) is 5.82 Å². The number of aromatic amines is 1. The molecule has 7 heteroatoms. The highest BCUT2D eigenvalue weighted by atomic mass is 32.1. The first-order valence-corrected chi connectivity index (χ1v) is 10.4. The number of nitrogens with one attached hydrogen (secondary N) is 1. The largest absolute Gasteiger partial charge is 0.496 e. The van der Waals surface area contributed by atoms with Crippen molar-refractivity contribution in [2.45, 2.75) is 27.7 Å². The Morgan fingerprint density at radius 2 is 1.30 bits per heavy atom. The molecule has 0 saturated carbocycles.